The van der Waals surface area contributed by atoms with E-state index in [4.69, 9.17) is 5.73 Å². The van der Waals surface area contributed by atoms with Gasteiger partial charge in [0.25, 0.3) is 0 Å². The van der Waals surface area contributed by atoms with Crippen LogP contribution in [0.4, 0.5) is 0 Å². The van der Waals surface area contributed by atoms with Gasteiger partial charge in [-0.2, -0.15) is 0 Å². The molecule has 3 heteroatoms. The lowest BCUT2D eigenvalue weighted by molar-refractivity contribution is 0.264. The van der Waals surface area contributed by atoms with Crippen LogP contribution >= 0.6 is 11.3 Å². The molecule has 1 aliphatic carbocycles. The Hall–Kier alpha value is -0.410. The van der Waals surface area contributed by atoms with Crippen molar-refractivity contribution in [2.75, 3.05) is 0 Å². The first-order valence-electron chi connectivity index (χ1n) is 5.46. The SMILES string of the molecule is CCCc1csc(CC2CC(N)C2)n1. The van der Waals surface area contributed by atoms with Gasteiger partial charge in [0, 0.05) is 17.8 Å². The van der Waals surface area contributed by atoms with Crippen molar-refractivity contribution in [3.8, 4) is 0 Å². The highest BCUT2D eigenvalue weighted by molar-refractivity contribution is 7.09. The van der Waals surface area contributed by atoms with Gasteiger partial charge in [-0.05, 0) is 25.2 Å². The van der Waals surface area contributed by atoms with E-state index in [1.165, 1.54) is 30.0 Å². The van der Waals surface area contributed by atoms with Crippen LogP contribution < -0.4 is 5.73 Å². The number of hydrogen-bond acceptors (Lipinski definition) is 3. The van der Waals surface area contributed by atoms with E-state index in [2.05, 4.69) is 17.3 Å². The summed E-state index contributed by atoms with van der Waals surface area (Å²) in [6.07, 6.45) is 5.87. The maximum atomic E-state index is 5.76. The van der Waals surface area contributed by atoms with Crippen molar-refractivity contribution in [2.24, 2.45) is 11.7 Å². The Morgan fingerprint density at radius 2 is 2.36 bits per heavy atom. The van der Waals surface area contributed by atoms with E-state index in [0.717, 1.165) is 18.8 Å². The summed E-state index contributed by atoms with van der Waals surface area (Å²) in [5.74, 6) is 0.811. The molecule has 1 saturated carbocycles. The number of rotatable bonds is 4. The molecule has 0 amide bonds. The number of aryl methyl sites for hydroxylation is 1. The zero-order valence-corrected chi connectivity index (χ0v) is 9.52. The summed E-state index contributed by atoms with van der Waals surface area (Å²) < 4.78 is 0. The van der Waals surface area contributed by atoms with Gasteiger partial charge in [-0.25, -0.2) is 4.98 Å². The van der Waals surface area contributed by atoms with E-state index in [1.54, 1.807) is 0 Å². The zero-order valence-electron chi connectivity index (χ0n) is 8.70. The fraction of sp³-hybridized carbons (Fsp3) is 0.727. The van der Waals surface area contributed by atoms with Crippen LogP contribution in [0.2, 0.25) is 0 Å². The zero-order chi connectivity index (χ0) is 9.97. The standard InChI is InChI=1S/C11H18N2S/c1-2-3-10-7-14-11(13-10)6-8-4-9(12)5-8/h7-9H,2-6,12H2,1H3. The first kappa shape index (κ1) is 10.1. The summed E-state index contributed by atoms with van der Waals surface area (Å²) in [6.45, 7) is 2.20. The number of hydrogen-bond donors (Lipinski definition) is 1. The molecule has 2 N–H and O–H groups in total. The van der Waals surface area contributed by atoms with Crippen molar-refractivity contribution in [1.29, 1.82) is 0 Å². The molecule has 2 rings (SSSR count). The second-order valence-electron chi connectivity index (χ2n) is 4.28. The molecule has 1 aromatic rings. The first-order chi connectivity index (χ1) is 6.78. The van der Waals surface area contributed by atoms with Crippen molar-refractivity contribution in [3.05, 3.63) is 16.1 Å². The fourth-order valence-electron chi connectivity index (χ4n) is 2.01. The van der Waals surface area contributed by atoms with Gasteiger partial charge < -0.3 is 5.73 Å². The van der Waals surface area contributed by atoms with Crippen molar-refractivity contribution in [3.63, 3.8) is 0 Å². The number of thiazole rings is 1. The summed E-state index contributed by atoms with van der Waals surface area (Å²) in [4.78, 5) is 4.62. The van der Waals surface area contributed by atoms with Gasteiger partial charge in [0.1, 0.15) is 0 Å². The summed E-state index contributed by atoms with van der Waals surface area (Å²) in [5, 5.41) is 3.52. The second-order valence-corrected chi connectivity index (χ2v) is 5.23. The van der Waals surface area contributed by atoms with Crippen LogP contribution in [0.15, 0.2) is 5.38 Å². The Morgan fingerprint density at radius 3 is 3.00 bits per heavy atom. The Labute approximate surface area is 89.5 Å². The maximum Gasteiger partial charge on any atom is 0.0931 e. The van der Waals surface area contributed by atoms with E-state index < -0.39 is 0 Å². The molecule has 0 unspecified atom stereocenters. The Kier molecular flexibility index (Phi) is 3.19. The molecule has 0 radical (unpaired) electrons. The monoisotopic (exact) mass is 210 g/mol. The van der Waals surface area contributed by atoms with Gasteiger partial charge in [0.2, 0.25) is 0 Å². The predicted molar refractivity (Wildman–Crippen MR) is 60.5 cm³/mol. The Bertz CT molecular complexity index is 289. The average Bonchev–Trinajstić information content (AvgIpc) is 2.51. The minimum Gasteiger partial charge on any atom is -0.328 e. The van der Waals surface area contributed by atoms with Crippen molar-refractivity contribution < 1.29 is 0 Å². The van der Waals surface area contributed by atoms with Crippen LogP contribution in [0.1, 0.15) is 36.9 Å². The lowest BCUT2D eigenvalue weighted by Gasteiger charge is -2.31. The third-order valence-electron chi connectivity index (χ3n) is 2.84. The van der Waals surface area contributed by atoms with Crippen LogP contribution in [-0.4, -0.2) is 11.0 Å². The van der Waals surface area contributed by atoms with Crippen molar-refractivity contribution in [1.82, 2.24) is 4.98 Å². The number of nitrogens with zero attached hydrogens (tertiary/aromatic N) is 1. The van der Waals surface area contributed by atoms with Crippen LogP contribution in [0.5, 0.6) is 0 Å². The van der Waals surface area contributed by atoms with E-state index >= 15 is 0 Å². The Balaban J connectivity index is 1.84. The van der Waals surface area contributed by atoms with Crippen LogP contribution in [-0.2, 0) is 12.8 Å². The molecule has 2 nitrogen and oxygen atoms in total. The van der Waals surface area contributed by atoms with Gasteiger partial charge in [0.05, 0.1) is 10.7 Å². The molecule has 78 valence electrons. The van der Waals surface area contributed by atoms with E-state index in [1.807, 2.05) is 11.3 Å². The van der Waals surface area contributed by atoms with Gasteiger partial charge >= 0.3 is 0 Å². The van der Waals surface area contributed by atoms with E-state index in [-0.39, 0.29) is 0 Å². The van der Waals surface area contributed by atoms with Crippen molar-refractivity contribution >= 4 is 11.3 Å². The normalized spacial score (nSPS) is 26.1. The van der Waals surface area contributed by atoms with Gasteiger partial charge in [0.15, 0.2) is 0 Å². The molecule has 0 saturated heterocycles. The minimum absolute atomic E-state index is 0.468. The minimum atomic E-state index is 0.468. The number of aromatic nitrogens is 1. The highest BCUT2D eigenvalue weighted by Gasteiger charge is 2.26. The van der Waals surface area contributed by atoms with E-state index in [9.17, 15) is 0 Å². The topological polar surface area (TPSA) is 38.9 Å². The lowest BCUT2D eigenvalue weighted by Crippen LogP contribution is -2.37. The molecule has 0 atom stereocenters. The van der Waals surface area contributed by atoms with Gasteiger partial charge in [-0.3, -0.25) is 0 Å². The van der Waals surface area contributed by atoms with Crippen molar-refractivity contribution in [2.45, 2.75) is 45.1 Å². The summed E-state index contributed by atoms with van der Waals surface area (Å²) in [6, 6.07) is 0.468. The van der Waals surface area contributed by atoms with E-state index in [0.29, 0.717) is 6.04 Å². The lowest BCUT2D eigenvalue weighted by atomic mass is 9.79. The molecule has 0 bridgehead atoms. The molecular formula is C11H18N2S. The van der Waals surface area contributed by atoms with Crippen LogP contribution in [0.25, 0.3) is 0 Å². The molecular weight excluding hydrogens is 192 g/mol. The largest absolute Gasteiger partial charge is 0.328 e. The molecule has 1 heterocycles. The van der Waals surface area contributed by atoms with Gasteiger partial charge in [-0.15, -0.1) is 11.3 Å². The van der Waals surface area contributed by atoms with Gasteiger partial charge in [-0.1, -0.05) is 13.3 Å². The van der Waals surface area contributed by atoms with Crippen LogP contribution in [0.3, 0.4) is 0 Å². The van der Waals surface area contributed by atoms with Crippen LogP contribution in [0, 0.1) is 5.92 Å². The number of nitrogens with two attached hydrogens (primary N) is 1. The summed E-state index contributed by atoms with van der Waals surface area (Å²) >= 11 is 1.82. The molecule has 0 spiro atoms. The highest BCUT2D eigenvalue weighted by Crippen LogP contribution is 2.30. The third-order valence-corrected chi connectivity index (χ3v) is 3.76. The molecule has 1 aromatic heterocycles. The first-order valence-corrected chi connectivity index (χ1v) is 6.34. The fourth-order valence-corrected chi connectivity index (χ4v) is 2.96. The molecule has 1 aliphatic rings. The second kappa shape index (κ2) is 4.41. The quantitative estimate of drug-likeness (QED) is 0.828. The smallest absolute Gasteiger partial charge is 0.0931 e. The third kappa shape index (κ3) is 2.34. The maximum absolute atomic E-state index is 5.76. The molecule has 0 aromatic carbocycles. The molecule has 1 fully saturated rings. The summed E-state index contributed by atoms with van der Waals surface area (Å²) in [5.41, 5.74) is 7.03. The molecule has 0 aliphatic heterocycles. The summed E-state index contributed by atoms with van der Waals surface area (Å²) in [7, 11) is 0. The average molecular weight is 210 g/mol. The molecule has 14 heavy (non-hydrogen) atoms. The predicted octanol–water partition coefficient (Wildman–Crippen LogP) is 2.38. The Morgan fingerprint density at radius 1 is 1.57 bits per heavy atom. The highest BCUT2D eigenvalue weighted by atomic mass is 32.1.